The first-order valence-electron chi connectivity index (χ1n) is 8.30. The lowest BCUT2D eigenvalue weighted by molar-refractivity contribution is -0.105. The van der Waals surface area contributed by atoms with E-state index in [0.717, 1.165) is 41.0 Å². The largest absolute Gasteiger partial charge is 0.346 e. The van der Waals surface area contributed by atoms with Crippen molar-refractivity contribution in [1.29, 1.82) is 0 Å². The predicted octanol–water partition coefficient (Wildman–Crippen LogP) is 2.08. The van der Waals surface area contributed by atoms with Gasteiger partial charge in [-0.1, -0.05) is 0 Å². The number of aromatic nitrogens is 1. The molecule has 5 heterocycles. The maximum Gasteiger partial charge on any atom is 0.270 e. The van der Waals surface area contributed by atoms with E-state index in [0.29, 0.717) is 24.1 Å². The van der Waals surface area contributed by atoms with Crippen molar-refractivity contribution in [1.82, 2.24) is 15.2 Å². The molecule has 3 aliphatic rings. The van der Waals surface area contributed by atoms with Crippen LogP contribution in [0, 0.1) is 5.92 Å². The van der Waals surface area contributed by atoms with Crippen LogP contribution in [0.5, 0.6) is 0 Å². The zero-order chi connectivity index (χ0) is 16.7. The van der Waals surface area contributed by atoms with Crippen LogP contribution in [0.2, 0.25) is 0 Å². The van der Waals surface area contributed by atoms with Crippen LogP contribution in [-0.2, 0) is 4.79 Å². The average molecular weight is 344 g/mol. The lowest BCUT2D eigenvalue weighted by atomic mass is 9.79. The zero-order valence-electron chi connectivity index (χ0n) is 13.5. The quantitative estimate of drug-likeness (QED) is 0.833. The van der Waals surface area contributed by atoms with Crippen LogP contribution in [0.15, 0.2) is 18.3 Å². The molecule has 2 aromatic rings. The maximum atomic E-state index is 12.7. The zero-order valence-corrected chi connectivity index (χ0v) is 14.3. The van der Waals surface area contributed by atoms with E-state index < -0.39 is 0 Å². The van der Waals surface area contributed by atoms with Crippen LogP contribution >= 0.6 is 11.3 Å². The molecule has 24 heavy (non-hydrogen) atoms. The molecule has 2 atom stereocenters. The van der Waals surface area contributed by atoms with Gasteiger partial charge in [0.25, 0.3) is 5.91 Å². The third-order valence-corrected chi connectivity index (χ3v) is 6.34. The average Bonchev–Trinajstić information content (AvgIpc) is 3.00. The smallest absolute Gasteiger partial charge is 0.270 e. The van der Waals surface area contributed by atoms with Crippen molar-refractivity contribution in [2.45, 2.75) is 31.8 Å². The summed E-state index contributed by atoms with van der Waals surface area (Å²) in [6, 6.07) is 4.25. The standard InChI is InChI=1S/C17H20N4O2S/c1-10-16(11-2-4-21(10)5-3-11)20-17(23)13-7-14-12(8-18-13)6-15(24-14)19-9-22/h6-11,16H,2-5H2,1H3,(H,19,22)(H,20,23)/t10-,16-/m0/s1. The monoisotopic (exact) mass is 344 g/mol. The van der Waals surface area contributed by atoms with Crippen molar-refractivity contribution < 1.29 is 9.59 Å². The minimum absolute atomic E-state index is 0.110. The van der Waals surface area contributed by atoms with Gasteiger partial charge >= 0.3 is 0 Å². The van der Waals surface area contributed by atoms with Gasteiger partial charge in [0.15, 0.2) is 0 Å². The van der Waals surface area contributed by atoms with Gasteiger partial charge in [0.2, 0.25) is 6.41 Å². The highest BCUT2D eigenvalue weighted by Crippen LogP contribution is 2.33. The first-order chi connectivity index (χ1) is 11.7. The van der Waals surface area contributed by atoms with Gasteiger partial charge in [0.1, 0.15) is 5.69 Å². The Kier molecular flexibility index (Phi) is 3.97. The highest BCUT2D eigenvalue weighted by molar-refractivity contribution is 7.22. The summed E-state index contributed by atoms with van der Waals surface area (Å²) in [6.45, 7) is 4.48. The summed E-state index contributed by atoms with van der Waals surface area (Å²) in [4.78, 5) is 30.0. The van der Waals surface area contributed by atoms with Crippen LogP contribution in [0.25, 0.3) is 10.1 Å². The second kappa shape index (κ2) is 6.14. The molecule has 0 aliphatic carbocycles. The third kappa shape index (κ3) is 2.67. The molecule has 0 unspecified atom stereocenters. The highest BCUT2D eigenvalue weighted by atomic mass is 32.1. The highest BCUT2D eigenvalue weighted by Gasteiger charge is 2.40. The fraction of sp³-hybridized carbons (Fsp3) is 0.471. The van der Waals surface area contributed by atoms with Crippen molar-refractivity contribution in [3.63, 3.8) is 0 Å². The molecule has 0 aromatic carbocycles. The molecule has 5 rings (SSSR count). The van der Waals surface area contributed by atoms with Crippen molar-refractivity contribution in [2.75, 3.05) is 18.4 Å². The van der Waals surface area contributed by atoms with Crippen molar-refractivity contribution in [3.05, 3.63) is 24.0 Å². The van der Waals surface area contributed by atoms with Gasteiger partial charge in [-0.05, 0) is 50.9 Å². The van der Waals surface area contributed by atoms with E-state index in [4.69, 9.17) is 0 Å². The Labute approximate surface area is 144 Å². The first kappa shape index (κ1) is 15.5. The number of pyridine rings is 1. The van der Waals surface area contributed by atoms with E-state index in [9.17, 15) is 9.59 Å². The van der Waals surface area contributed by atoms with Crippen molar-refractivity contribution >= 4 is 38.7 Å². The Hall–Kier alpha value is -1.99. The molecule has 2 bridgehead atoms. The Balaban J connectivity index is 1.53. The fourth-order valence-electron chi connectivity index (χ4n) is 3.96. The molecule has 6 nitrogen and oxygen atoms in total. The predicted molar refractivity (Wildman–Crippen MR) is 94.3 cm³/mol. The molecule has 7 heteroatoms. The summed E-state index contributed by atoms with van der Waals surface area (Å²) >= 11 is 1.44. The van der Waals surface area contributed by atoms with E-state index in [1.165, 1.54) is 11.3 Å². The normalized spacial score (nSPS) is 28.7. The molecule has 0 spiro atoms. The number of fused-ring (bicyclic) bond motifs is 4. The van der Waals surface area contributed by atoms with E-state index in [1.54, 1.807) is 12.3 Å². The Bertz CT molecular complexity index is 780. The van der Waals surface area contributed by atoms with Gasteiger partial charge in [-0.3, -0.25) is 19.5 Å². The number of carbonyl (C=O) groups excluding carboxylic acids is 2. The van der Waals surface area contributed by atoms with Crippen molar-refractivity contribution in [2.24, 2.45) is 5.92 Å². The topological polar surface area (TPSA) is 74.3 Å². The van der Waals surface area contributed by atoms with Crippen LogP contribution in [0.3, 0.4) is 0 Å². The molecule has 2 amide bonds. The number of nitrogens with one attached hydrogen (secondary N) is 2. The molecule has 3 saturated heterocycles. The Morgan fingerprint density at radius 3 is 2.88 bits per heavy atom. The molecule has 3 fully saturated rings. The van der Waals surface area contributed by atoms with Gasteiger partial charge in [0, 0.05) is 28.4 Å². The van der Waals surface area contributed by atoms with Gasteiger partial charge in [-0.2, -0.15) is 0 Å². The van der Waals surface area contributed by atoms with Gasteiger partial charge in [-0.15, -0.1) is 11.3 Å². The summed E-state index contributed by atoms with van der Waals surface area (Å²) in [5.74, 6) is 0.462. The molecule has 2 N–H and O–H groups in total. The lowest BCUT2D eigenvalue weighted by Gasteiger charge is -2.49. The summed E-state index contributed by atoms with van der Waals surface area (Å²) < 4.78 is 0.946. The fourth-order valence-corrected chi connectivity index (χ4v) is 4.89. The SMILES string of the molecule is C[C@H]1[C@H](NC(=O)c2cc3sc(NC=O)cc3cn2)C2CCN1CC2. The van der Waals surface area contributed by atoms with Gasteiger partial charge < -0.3 is 10.6 Å². The Morgan fingerprint density at radius 1 is 1.38 bits per heavy atom. The minimum Gasteiger partial charge on any atom is -0.346 e. The van der Waals surface area contributed by atoms with E-state index in [2.05, 4.69) is 27.4 Å². The van der Waals surface area contributed by atoms with E-state index in [-0.39, 0.29) is 11.9 Å². The summed E-state index contributed by atoms with van der Waals surface area (Å²) in [7, 11) is 0. The van der Waals surface area contributed by atoms with Crippen LogP contribution in [-0.4, -0.2) is 47.4 Å². The summed E-state index contributed by atoms with van der Waals surface area (Å²) in [6.07, 6.45) is 4.66. The number of hydrogen-bond donors (Lipinski definition) is 2. The molecule has 3 aliphatic heterocycles. The first-order valence-corrected chi connectivity index (χ1v) is 9.12. The second-order valence-electron chi connectivity index (χ2n) is 6.59. The second-order valence-corrected chi connectivity index (χ2v) is 7.68. The molecule has 0 radical (unpaired) electrons. The number of hydrogen-bond acceptors (Lipinski definition) is 5. The number of nitrogens with zero attached hydrogens (tertiary/aromatic N) is 2. The number of piperidine rings is 3. The van der Waals surface area contributed by atoms with E-state index in [1.807, 2.05) is 6.07 Å². The lowest BCUT2D eigenvalue weighted by Crippen LogP contribution is -2.62. The van der Waals surface area contributed by atoms with Crippen LogP contribution < -0.4 is 10.6 Å². The molecule has 126 valence electrons. The third-order valence-electron chi connectivity index (χ3n) is 5.31. The van der Waals surface area contributed by atoms with Crippen LogP contribution in [0.1, 0.15) is 30.3 Å². The van der Waals surface area contributed by atoms with Gasteiger partial charge in [0.05, 0.1) is 5.00 Å². The number of carbonyl (C=O) groups is 2. The summed E-state index contributed by atoms with van der Waals surface area (Å²) in [5.41, 5.74) is 0.436. The number of thiophene rings is 1. The number of rotatable bonds is 4. The Morgan fingerprint density at radius 2 is 2.17 bits per heavy atom. The van der Waals surface area contributed by atoms with E-state index >= 15 is 0 Å². The van der Waals surface area contributed by atoms with Crippen LogP contribution in [0.4, 0.5) is 5.00 Å². The number of anilines is 1. The van der Waals surface area contributed by atoms with Gasteiger partial charge in [-0.25, -0.2) is 0 Å². The molecule has 2 aromatic heterocycles. The summed E-state index contributed by atoms with van der Waals surface area (Å²) in [5, 5.41) is 7.53. The number of amides is 2. The molecule has 0 saturated carbocycles. The molecular formula is C17H20N4O2S. The minimum atomic E-state index is -0.110. The maximum absolute atomic E-state index is 12.7. The molecular weight excluding hydrogens is 324 g/mol. The van der Waals surface area contributed by atoms with Crippen molar-refractivity contribution in [3.8, 4) is 0 Å².